The Morgan fingerprint density at radius 2 is 1.77 bits per heavy atom. The molecule has 0 bridgehead atoms. The van der Waals surface area contributed by atoms with Gasteiger partial charge in [0.1, 0.15) is 11.6 Å². The molecule has 0 radical (unpaired) electrons. The number of imidazole rings is 1. The zero-order valence-electron chi connectivity index (χ0n) is 19.6. The smallest absolute Gasteiger partial charge is 0.296 e. The van der Waals surface area contributed by atoms with E-state index in [0.29, 0.717) is 54.9 Å². The Morgan fingerprint density at radius 3 is 2.49 bits per heavy atom. The summed E-state index contributed by atoms with van der Waals surface area (Å²) in [4.78, 5) is 27.0. The first-order valence-electron chi connectivity index (χ1n) is 12.0. The van der Waals surface area contributed by atoms with Crippen molar-refractivity contribution in [2.45, 2.75) is 51.1 Å². The molecule has 186 valence electrons. The number of alkyl halides is 2. The molecule has 1 saturated carbocycles. The molecule has 0 unspecified atom stereocenters. The van der Waals surface area contributed by atoms with Gasteiger partial charge in [-0.1, -0.05) is 12.1 Å². The Kier molecular flexibility index (Phi) is 6.76. The first kappa shape index (κ1) is 23.4. The molecular formula is C24H29F2N7O2. The molecule has 2 aromatic heterocycles. The maximum absolute atomic E-state index is 14.0. The lowest BCUT2D eigenvalue weighted by molar-refractivity contribution is -0.119. The number of morpholine rings is 1. The van der Waals surface area contributed by atoms with E-state index >= 15 is 0 Å². The number of ether oxygens (including phenoxy) is 1. The number of anilines is 2. The van der Waals surface area contributed by atoms with E-state index in [9.17, 15) is 13.6 Å². The van der Waals surface area contributed by atoms with Gasteiger partial charge in [0.25, 0.3) is 6.43 Å². The van der Waals surface area contributed by atoms with Crippen molar-refractivity contribution in [2.24, 2.45) is 0 Å². The lowest BCUT2D eigenvalue weighted by Gasteiger charge is -2.31. The van der Waals surface area contributed by atoms with Gasteiger partial charge < -0.3 is 20.3 Å². The SMILES string of the molecule is CC(=O)NC1CCC(Nc2cc(-n3c(C(F)F)nc4ccccc43)nc(N3CCOCC3)n2)CC1. The van der Waals surface area contributed by atoms with Gasteiger partial charge in [-0.15, -0.1) is 0 Å². The molecule has 3 aromatic rings. The Hall–Kier alpha value is -3.34. The van der Waals surface area contributed by atoms with Gasteiger partial charge in [0, 0.05) is 38.2 Å². The molecule has 9 nitrogen and oxygen atoms in total. The van der Waals surface area contributed by atoms with Crippen molar-refractivity contribution >= 4 is 28.7 Å². The van der Waals surface area contributed by atoms with Crippen LogP contribution < -0.4 is 15.5 Å². The number of amides is 1. The predicted molar refractivity (Wildman–Crippen MR) is 128 cm³/mol. The minimum atomic E-state index is -2.76. The molecule has 1 aliphatic carbocycles. The van der Waals surface area contributed by atoms with Crippen molar-refractivity contribution in [3.05, 3.63) is 36.2 Å². The number of nitrogens with one attached hydrogen (secondary N) is 2. The number of fused-ring (bicyclic) bond motifs is 1. The fraction of sp³-hybridized carbons (Fsp3) is 0.500. The number of hydrogen-bond acceptors (Lipinski definition) is 7. The number of carbonyl (C=O) groups is 1. The van der Waals surface area contributed by atoms with Crippen molar-refractivity contribution in [1.29, 1.82) is 0 Å². The molecule has 2 fully saturated rings. The molecule has 35 heavy (non-hydrogen) atoms. The van der Waals surface area contributed by atoms with Gasteiger partial charge >= 0.3 is 0 Å². The summed E-state index contributed by atoms with van der Waals surface area (Å²) in [5.74, 6) is 1.04. The minimum Gasteiger partial charge on any atom is -0.378 e. The topological polar surface area (TPSA) is 97.2 Å². The van der Waals surface area contributed by atoms with Crippen molar-refractivity contribution in [3.63, 3.8) is 0 Å². The van der Waals surface area contributed by atoms with Gasteiger partial charge in [0.05, 0.1) is 24.2 Å². The van der Waals surface area contributed by atoms with E-state index in [1.807, 2.05) is 4.90 Å². The summed E-state index contributed by atoms with van der Waals surface area (Å²) in [6.45, 7) is 3.89. The molecular weight excluding hydrogens is 456 g/mol. The minimum absolute atomic E-state index is 0.0144. The van der Waals surface area contributed by atoms with E-state index in [4.69, 9.17) is 14.7 Å². The van der Waals surface area contributed by atoms with Crippen LogP contribution in [0.25, 0.3) is 16.9 Å². The lowest BCUT2D eigenvalue weighted by atomic mass is 9.91. The monoisotopic (exact) mass is 485 g/mol. The van der Waals surface area contributed by atoms with Crippen LogP contribution in [0.3, 0.4) is 0 Å². The largest absolute Gasteiger partial charge is 0.378 e. The molecule has 0 atom stereocenters. The molecule has 2 aliphatic rings. The number of benzene rings is 1. The third-order valence-corrected chi connectivity index (χ3v) is 6.49. The maximum atomic E-state index is 14.0. The molecule has 3 heterocycles. The third kappa shape index (κ3) is 5.19. The first-order valence-corrected chi connectivity index (χ1v) is 12.0. The van der Waals surface area contributed by atoms with E-state index in [1.54, 1.807) is 30.3 Å². The van der Waals surface area contributed by atoms with Crippen molar-refractivity contribution < 1.29 is 18.3 Å². The van der Waals surface area contributed by atoms with Crippen molar-refractivity contribution in [2.75, 3.05) is 36.5 Å². The number of para-hydroxylation sites is 2. The van der Waals surface area contributed by atoms with E-state index in [0.717, 1.165) is 25.7 Å². The molecule has 0 spiro atoms. The second-order valence-corrected chi connectivity index (χ2v) is 9.00. The first-order chi connectivity index (χ1) is 17.0. The van der Waals surface area contributed by atoms with Crippen LogP contribution in [0.4, 0.5) is 20.5 Å². The summed E-state index contributed by atoms with van der Waals surface area (Å²) in [5.41, 5.74) is 1.05. The van der Waals surface area contributed by atoms with Crippen LogP contribution in [-0.2, 0) is 9.53 Å². The highest BCUT2D eigenvalue weighted by Gasteiger charge is 2.25. The number of halogens is 2. The van der Waals surface area contributed by atoms with E-state index in [2.05, 4.69) is 15.6 Å². The normalized spacial score (nSPS) is 20.9. The number of hydrogen-bond donors (Lipinski definition) is 2. The summed E-state index contributed by atoms with van der Waals surface area (Å²) in [5, 5.41) is 6.48. The molecule has 5 rings (SSSR count). The van der Waals surface area contributed by atoms with Gasteiger partial charge in [0.15, 0.2) is 5.82 Å². The van der Waals surface area contributed by atoms with Crippen LogP contribution in [0, 0.1) is 0 Å². The van der Waals surface area contributed by atoms with Crippen LogP contribution >= 0.6 is 0 Å². The lowest BCUT2D eigenvalue weighted by Crippen LogP contribution is -2.39. The second-order valence-electron chi connectivity index (χ2n) is 9.00. The quantitative estimate of drug-likeness (QED) is 0.552. The number of aromatic nitrogens is 4. The average molecular weight is 486 g/mol. The van der Waals surface area contributed by atoms with Gasteiger partial charge in [-0.05, 0) is 37.8 Å². The van der Waals surface area contributed by atoms with Crippen LogP contribution in [0.2, 0.25) is 0 Å². The Balaban J connectivity index is 1.49. The van der Waals surface area contributed by atoms with Gasteiger partial charge in [0.2, 0.25) is 11.9 Å². The highest BCUT2D eigenvalue weighted by molar-refractivity contribution is 5.78. The zero-order valence-corrected chi connectivity index (χ0v) is 19.6. The fourth-order valence-electron chi connectivity index (χ4n) is 4.83. The summed E-state index contributed by atoms with van der Waals surface area (Å²) in [7, 11) is 0. The summed E-state index contributed by atoms with van der Waals surface area (Å²) in [6, 6.07) is 9.11. The van der Waals surface area contributed by atoms with Crippen LogP contribution in [0.5, 0.6) is 0 Å². The Labute approximate surface area is 201 Å². The van der Waals surface area contributed by atoms with E-state index in [1.165, 1.54) is 11.5 Å². The molecule has 1 saturated heterocycles. The van der Waals surface area contributed by atoms with E-state index in [-0.39, 0.29) is 23.8 Å². The second kappa shape index (κ2) is 10.1. The molecule has 1 aromatic carbocycles. The zero-order chi connectivity index (χ0) is 24.4. The summed E-state index contributed by atoms with van der Waals surface area (Å²) >= 11 is 0. The van der Waals surface area contributed by atoms with Crippen LogP contribution in [0.15, 0.2) is 30.3 Å². The Bertz CT molecular complexity index is 1190. The van der Waals surface area contributed by atoms with Crippen molar-refractivity contribution in [1.82, 2.24) is 24.8 Å². The molecule has 2 N–H and O–H groups in total. The fourth-order valence-corrected chi connectivity index (χ4v) is 4.83. The maximum Gasteiger partial charge on any atom is 0.296 e. The molecule has 1 amide bonds. The summed E-state index contributed by atoms with van der Waals surface area (Å²) in [6.07, 6.45) is 0.714. The number of nitrogens with zero attached hydrogens (tertiary/aromatic N) is 5. The van der Waals surface area contributed by atoms with E-state index < -0.39 is 6.43 Å². The third-order valence-electron chi connectivity index (χ3n) is 6.49. The van der Waals surface area contributed by atoms with Gasteiger partial charge in [-0.25, -0.2) is 13.8 Å². The van der Waals surface area contributed by atoms with Gasteiger partial charge in [-0.2, -0.15) is 9.97 Å². The Morgan fingerprint density at radius 1 is 1.06 bits per heavy atom. The van der Waals surface area contributed by atoms with Crippen LogP contribution in [0.1, 0.15) is 44.9 Å². The average Bonchev–Trinajstić information content (AvgIpc) is 3.25. The number of carbonyl (C=O) groups excluding carboxylic acids is 1. The van der Waals surface area contributed by atoms with Crippen LogP contribution in [-0.4, -0.2) is 63.8 Å². The molecule has 1 aliphatic heterocycles. The summed E-state index contributed by atoms with van der Waals surface area (Å²) < 4.78 is 34.9. The highest BCUT2D eigenvalue weighted by atomic mass is 19.3. The standard InChI is InChI=1S/C24H29F2N7O2/c1-15(34)27-16-6-8-17(9-7-16)28-20-14-21(31-24(30-20)32-10-12-35-13-11-32)33-19-5-3-2-4-18(19)29-23(33)22(25)26/h2-5,14,16-17,22H,6-13H2,1H3,(H,27,34)(H,28,30,31). The van der Waals surface area contributed by atoms with Crippen molar-refractivity contribution in [3.8, 4) is 5.82 Å². The molecule has 11 heteroatoms. The predicted octanol–water partition coefficient (Wildman–Crippen LogP) is 3.45. The highest BCUT2D eigenvalue weighted by Crippen LogP contribution is 2.30. The number of rotatable bonds is 6. The van der Waals surface area contributed by atoms with Gasteiger partial charge in [-0.3, -0.25) is 9.36 Å².